The van der Waals surface area contributed by atoms with Crippen molar-refractivity contribution in [2.24, 2.45) is 0 Å². The lowest BCUT2D eigenvalue weighted by molar-refractivity contribution is 0.0972. The first kappa shape index (κ1) is 14.6. The highest BCUT2D eigenvalue weighted by Gasteiger charge is 2.16. The van der Waals surface area contributed by atoms with Gasteiger partial charge in [0.25, 0.3) is 0 Å². The first-order valence-corrected chi connectivity index (χ1v) is 7.08. The Labute approximate surface area is 123 Å². The van der Waals surface area contributed by atoms with Crippen LogP contribution in [0.4, 0.5) is 5.69 Å². The van der Waals surface area contributed by atoms with E-state index in [-0.39, 0.29) is 5.78 Å². The van der Waals surface area contributed by atoms with E-state index in [9.17, 15) is 4.79 Å². The van der Waals surface area contributed by atoms with Crippen LogP contribution in [0, 0.1) is 0 Å². The molecule has 0 bridgehead atoms. The van der Waals surface area contributed by atoms with Crippen molar-refractivity contribution in [3.05, 3.63) is 46.7 Å². The van der Waals surface area contributed by atoms with Gasteiger partial charge in [0, 0.05) is 18.7 Å². The number of nitrogen functional groups attached to an aromatic ring is 1. The molecule has 5 heteroatoms. The van der Waals surface area contributed by atoms with Crippen LogP contribution in [0.1, 0.15) is 35.8 Å². The summed E-state index contributed by atoms with van der Waals surface area (Å²) in [5.41, 5.74) is 7.97. The van der Waals surface area contributed by atoms with Gasteiger partial charge in [0.2, 0.25) is 0 Å². The molecule has 2 aromatic rings. The number of ketones is 1. The normalized spacial score (nSPS) is 10.7. The topological polar surface area (TPSA) is 60.9 Å². The summed E-state index contributed by atoms with van der Waals surface area (Å²) in [7, 11) is 0. The summed E-state index contributed by atoms with van der Waals surface area (Å²) < 4.78 is 1.69. The predicted molar refractivity (Wildman–Crippen MR) is 81.0 cm³/mol. The predicted octanol–water partition coefficient (Wildman–Crippen LogP) is 3.34. The molecule has 0 aliphatic rings. The summed E-state index contributed by atoms with van der Waals surface area (Å²) in [4.78, 5) is 12.3. The number of carbonyl (C=O) groups excluding carboxylic acids is 1. The Hall–Kier alpha value is -1.81. The van der Waals surface area contributed by atoms with Crippen molar-refractivity contribution in [1.29, 1.82) is 0 Å². The maximum Gasteiger partial charge on any atom is 0.182 e. The van der Waals surface area contributed by atoms with E-state index in [1.54, 1.807) is 4.68 Å². The van der Waals surface area contributed by atoms with E-state index < -0.39 is 0 Å². The van der Waals surface area contributed by atoms with Crippen LogP contribution >= 0.6 is 11.6 Å². The average Bonchev–Trinajstić information content (AvgIpc) is 2.79. The van der Waals surface area contributed by atoms with Crippen LogP contribution in [0.25, 0.3) is 0 Å². The molecule has 0 radical (unpaired) electrons. The monoisotopic (exact) mass is 291 g/mol. The number of aromatic nitrogens is 2. The molecule has 1 aromatic heterocycles. The fourth-order valence-electron chi connectivity index (χ4n) is 2.08. The van der Waals surface area contributed by atoms with Gasteiger partial charge in [0.15, 0.2) is 5.78 Å². The second-order valence-electron chi connectivity index (χ2n) is 4.73. The molecule has 0 saturated carbocycles. The Bertz CT molecular complexity index is 590. The Balaban J connectivity index is 2.05. The minimum Gasteiger partial charge on any atom is -0.399 e. The zero-order chi connectivity index (χ0) is 14.5. The third kappa shape index (κ3) is 3.39. The number of nitrogens with two attached hydrogens (primary N) is 1. The summed E-state index contributed by atoms with van der Waals surface area (Å²) in [6, 6.07) is 7.56. The highest BCUT2D eigenvalue weighted by Crippen LogP contribution is 2.18. The molecule has 0 aliphatic heterocycles. The molecule has 1 heterocycles. The number of hydrogen-bond acceptors (Lipinski definition) is 3. The van der Waals surface area contributed by atoms with Crippen molar-refractivity contribution in [3.8, 4) is 0 Å². The number of nitrogens with zero attached hydrogens (tertiary/aromatic N) is 2. The van der Waals surface area contributed by atoms with Crippen molar-refractivity contribution in [2.75, 3.05) is 5.73 Å². The van der Waals surface area contributed by atoms with Crippen molar-refractivity contribution in [1.82, 2.24) is 9.78 Å². The van der Waals surface area contributed by atoms with Crippen LogP contribution in [-0.4, -0.2) is 15.6 Å². The van der Waals surface area contributed by atoms with Gasteiger partial charge < -0.3 is 5.73 Å². The van der Waals surface area contributed by atoms with E-state index >= 15 is 0 Å². The minimum atomic E-state index is 0.0257. The summed E-state index contributed by atoms with van der Waals surface area (Å²) in [6.45, 7) is 2.74. The lowest BCUT2D eigenvalue weighted by atomic mass is 10.1. The summed E-state index contributed by atoms with van der Waals surface area (Å²) >= 11 is 6.06. The molecule has 1 aromatic carbocycles. The van der Waals surface area contributed by atoms with Crippen LogP contribution in [0.15, 0.2) is 30.5 Å². The minimum absolute atomic E-state index is 0.0257. The maximum atomic E-state index is 12.3. The highest BCUT2D eigenvalue weighted by molar-refractivity contribution is 6.33. The SMILES string of the molecule is CCCn1ncc(Cl)c1C(=O)CCc1ccc(N)cc1. The molecule has 0 spiro atoms. The average molecular weight is 292 g/mol. The third-order valence-corrected chi connectivity index (χ3v) is 3.39. The number of halogens is 1. The fraction of sp³-hybridized carbons (Fsp3) is 0.333. The molecule has 0 unspecified atom stereocenters. The van der Waals surface area contributed by atoms with Crippen LogP contribution < -0.4 is 5.73 Å². The zero-order valence-electron chi connectivity index (χ0n) is 11.5. The Morgan fingerprint density at radius 3 is 2.70 bits per heavy atom. The Kier molecular flexibility index (Phi) is 4.79. The van der Waals surface area contributed by atoms with E-state index in [0.717, 1.165) is 17.7 Å². The van der Waals surface area contributed by atoms with Gasteiger partial charge in [-0.1, -0.05) is 30.7 Å². The molecule has 0 saturated heterocycles. The summed E-state index contributed by atoms with van der Waals surface area (Å²) in [6.07, 6.45) is 3.54. The van der Waals surface area contributed by atoms with Crippen LogP contribution in [0.3, 0.4) is 0 Å². The fourth-order valence-corrected chi connectivity index (χ4v) is 2.33. The molecule has 2 rings (SSSR count). The smallest absolute Gasteiger partial charge is 0.182 e. The van der Waals surface area contributed by atoms with Gasteiger partial charge >= 0.3 is 0 Å². The number of carbonyl (C=O) groups is 1. The van der Waals surface area contributed by atoms with Gasteiger partial charge in [-0.2, -0.15) is 5.10 Å². The quantitative estimate of drug-likeness (QED) is 0.656. The molecule has 2 N–H and O–H groups in total. The first-order chi connectivity index (χ1) is 9.61. The first-order valence-electron chi connectivity index (χ1n) is 6.70. The third-order valence-electron chi connectivity index (χ3n) is 3.11. The molecule has 106 valence electrons. The maximum absolute atomic E-state index is 12.3. The van der Waals surface area contributed by atoms with Gasteiger partial charge in [0.05, 0.1) is 11.2 Å². The molecule has 0 atom stereocenters. The van der Waals surface area contributed by atoms with Gasteiger partial charge in [-0.15, -0.1) is 0 Å². The number of benzene rings is 1. The van der Waals surface area contributed by atoms with Gasteiger partial charge in [-0.25, -0.2) is 0 Å². The van der Waals surface area contributed by atoms with E-state index in [1.807, 2.05) is 31.2 Å². The molecule has 4 nitrogen and oxygen atoms in total. The summed E-state index contributed by atoms with van der Waals surface area (Å²) in [5.74, 6) is 0.0257. The van der Waals surface area contributed by atoms with Gasteiger partial charge in [-0.05, 0) is 30.5 Å². The second-order valence-corrected chi connectivity index (χ2v) is 5.14. The molecule has 0 aliphatic carbocycles. The molecule has 20 heavy (non-hydrogen) atoms. The van der Waals surface area contributed by atoms with Crippen molar-refractivity contribution >= 4 is 23.1 Å². The van der Waals surface area contributed by atoms with E-state index in [0.29, 0.717) is 30.1 Å². The number of Topliss-reactive ketones (excluding diaryl/α,β-unsaturated/α-hetero) is 1. The molecule has 0 amide bonds. The number of aryl methyl sites for hydroxylation is 2. The lowest BCUT2D eigenvalue weighted by Crippen LogP contribution is -2.11. The van der Waals surface area contributed by atoms with Crippen LogP contribution in [0.5, 0.6) is 0 Å². The number of rotatable bonds is 6. The summed E-state index contributed by atoms with van der Waals surface area (Å²) in [5, 5.41) is 4.57. The van der Waals surface area contributed by atoms with Crippen LogP contribution in [0.2, 0.25) is 5.02 Å². The zero-order valence-corrected chi connectivity index (χ0v) is 12.2. The lowest BCUT2D eigenvalue weighted by Gasteiger charge is -2.06. The second kappa shape index (κ2) is 6.57. The largest absolute Gasteiger partial charge is 0.399 e. The van der Waals surface area contributed by atoms with E-state index in [1.165, 1.54) is 6.20 Å². The molecular weight excluding hydrogens is 274 g/mol. The number of anilines is 1. The highest BCUT2D eigenvalue weighted by atomic mass is 35.5. The van der Waals surface area contributed by atoms with Crippen molar-refractivity contribution in [3.63, 3.8) is 0 Å². The standard InChI is InChI=1S/C15H18ClN3O/c1-2-9-19-15(13(16)10-18-19)14(20)8-5-11-3-6-12(17)7-4-11/h3-4,6-7,10H,2,5,8-9,17H2,1H3. The number of hydrogen-bond donors (Lipinski definition) is 1. The van der Waals surface area contributed by atoms with Gasteiger partial charge in [-0.3, -0.25) is 9.48 Å². The van der Waals surface area contributed by atoms with Crippen LogP contribution in [-0.2, 0) is 13.0 Å². The Morgan fingerprint density at radius 1 is 1.35 bits per heavy atom. The van der Waals surface area contributed by atoms with Crippen molar-refractivity contribution in [2.45, 2.75) is 32.7 Å². The van der Waals surface area contributed by atoms with E-state index in [2.05, 4.69) is 5.10 Å². The van der Waals surface area contributed by atoms with Gasteiger partial charge in [0.1, 0.15) is 5.69 Å². The van der Waals surface area contributed by atoms with Crippen molar-refractivity contribution < 1.29 is 4.79 Å². The van der Waals surface area contributed by atoms with E-state index in [4.69, 9.17) is 17.3 Å². The molecule has 0 fully saturated rings. The Morgan fingerprint density at radius 2 is 2.05 bits per heavy atom. The molecular formula is C15H18ClN3O.